The van der Waals surface area contributed by atoms with E-state index >= 15 is 0 Å². The predicted octanol–water partition coefficient (Wildman–Crippen LogP) is 4.59. The Bertz CT molecular complexity index is 287. The van der Waals surface area contributed by atoms with Gasteiger partial charge in [-0.15, -0.1) is 0 Å². The summed E-state index contributed by atoms with van der Waals surface area (Å²) in [6.07, 6.45) is 3.56. The van der Waals surface area contributed by atoms with Gasteiger partial charge in [0, 0.05) is 5.41 Å². The predicted molar refractivity (Wildman–Crippen MR) is 70.0 cm³/mol. The molecule has 0 unspecified atom stereocenters. The van der Waals surface area contributed by atoms with Gasteiger partial charge in [-0.2, -0.15) is 0 Å². The van der Waals surface area contributed by atoms with E-state index in [1.54, 1.807) is 0 Å². The van der Waals surface area contributed by atoms with Crippen molar-refractivity contribution in [2.24, 2.45) is 5.41 Å². The lowest BCUT2D eigenvalue weighted by Gasteiger charge is -2.30. The smallest absolute Gasteiger partial charge is 0.119 e. The lowest BCUT2D eigenvalue weighted by Crippen LogP contribution is -2.26. The van der Waals surface area contributed by atoms with Crippen molar-refractivity contribution in [3.05, 3.63) is 29.8 Å². The van der Waals surface area contributed by atoms with Crippen LogP contribution in [0.2, 0.25) is 0 Å². The quantitative estimate of drug-likeness (QED) is 0.681. The highest BCUT2D eigenvalue weighted by molar-refractivity contribution is 5.26. The maximum absolute atomic E-state index is 5.90. The topological polar surface area (TPSA) is 9.23 Å². The SMILES string of the molecule is CCC(CC)(CC)COc1ccc(C)cc1. The fourth-order valence-corrected chi connectivity index (χ4v) is 1.93. The molecule has 1 rings (SSSR count). The highest BCUT2D eigenvalue weighted by Crippen LogP contribution is 2.31. The summed E-state index contributed by atoms with van der Waals surface area (Å²) in [7, 11) is 0. The lowest BCUT2D eigenvalue weighted by molar-refractivity contribution is 0.128. The van der Waals surface area contributed by atoms with Crippen LogP contribution in [0.15, 0.2) is 24.3 Å². The number of benzene rings is 1. The molecule has 0 amide bonds. The van der Waals surface area contributed by atoms with Gasteiger partial charge in [0.05, 0.1) is 6.61 Å². The van der Waals surface area contributed by atoms with Crippen LogP contribution in [0, 0.1) is 12.3 Å². The maximum atomic E-state index is 5.90. The van der Waals surface area contributed by atoms with Crippen LogP contribution in [-0.4, -0.2) is 6.61 Å². The molecule has 16 heavy (non-hydrogen) atoms. The average molecular weight is 220 g/mol. The van der Waals surface area contributed by atoms with Crippen molar-refractivity contribution in [3.63, 3.8) is 0 Å². The molecule has 90 valence electrons. The Morgan fingerprint density at radius 3 is 1.88 bits per heavy atom. The summed E-state index contributed by atoms with van der Waals surface area (Å²) in [4.78, 5) is 0. The molecule has 0 aromatic heterocycles. The second kappa shape index (κ2) is 5.93. The van der Waals surface area contributed by atoms with E-state index in [2.05, 4.69) is 52.0 Å². The van der Waals surface area contributed by atoms with Gasteiger partial charge in [0.1, 0.15) is 5.75 Å². The Hall–Kier alpha value is -0.980. The molecule has 1 aromatic rings. The molecule has 0 aliphatic heterocycles. The van der Waals surface area contributed by atoms with Gasteiger partial charge < -0.3 is 4.74 Å². The monoisotopic (exact) mass is 220 g/mol. The third kappa shape index (κ3) is 3.26. The van der Waals surface area contributed by atoms with E-state index in [0.29, 0.717) is 5.41 Å². The van der Waals surface area contributed by atoms with Crippen LogP contribution in [0.25, 0.3) is 0 Å². The Labute approximate surface area is 99.8 Å². The van der Waals surface area contributed by atoms with Crippen molar-refractivity contribution in [2.75, 3.05) is 6.61 Å². The van der Waals surface area contributed by atoms with Gasteiger partial charge in [0.25, 0.3) is 0 Å². The number of aryl methyl sites for hydroxylation is 1. The van der Waals surface area contributed by atoms with Gasteiger partial charge in [0.2, 0.25) is 0 Å². The minimum atomic E-state index is 0.352. The third-order valence-electron chi connectivity index (χ3n) is 3.82. The first kappa shape index (κ1) is 13.1. The van der Waals surface area contributed by atoms with Gasteiger partial charge in [-0.1, -0.05) is 38.5 Å². The first-order valence-electron chi connectivity index (χ1n) is 6.35. The molecule has 0 fully saturated rings. The molecule has 0 saturated carbocycles. The summed E-state index contributed by atoms with van der Waals surface area (Å²) < 4.78 is 5.90. The summed E-state index contributed by atoms with van der Waals surface area (Å²) in [6, 6.07) is 8.31. The van der Waals surface area contributed by atoms with Crippen molar-refractivity contribution in [1.29, 1.82) is 0 Å². The minimum absolute atomic E-state index is 0.352. The van der Waals surface area contributed by atoms with E-state index in [1.807, 2.05) is 0 Å². The van der Waals surface area contributed by atoms with Crippen molar-refractivity contribution >= 4 is 0 Å². The summed E-state index contributed by atoms with van der Waals surface area (Å²) >= 11 is 0. The zero-order chi connectivity index (χ0) is 12.0. The summed E-state index contributed by atoms with van der Waals surface area (Å²) in [5, 5.41) is 0. The molecule has 0 heterocycles. The first-order chi connectivity index (χ1) is 7.65. The Kier molecular flexibility index (Phi) is 4.85. The van der Waals surface area contributed by atoms with Crippen molar-refractivity contribution in [2.45, 2.75) is 47.0 Å². The first-order valence-corrected chi connectivity index (χ1v) is 6.35. The van der Waals surface area contributed by atoms with E-state index in [4.69, 9.17) is 4.74 Å². The second-order valence-electron chi connectivity index (χ2n) is 4.66. The van der Waals surface area contributed by atoms with Crippen LogP contribution >= 0.6 is 0 Å². The van der Waals surface area contributed by atoms with Crippen LogP contribution in [0.1, 0.15) is 45.6 Å². The molecule has 0 aliphatic rings. The summed E-state index contributed by atoms with van der Waals surface area (Å²) in [6.45, 7) is 9.69. The van der Waals surface area contributed by atoms with E-state index in [1.165, 1.54) is 24.8 Å². The van der Waals surface area contributed by atoms with Crippen molar-refractivity contribution < 1.29 is 4.74 Å². The molecule has 0 atom stereocenters. The van der Waals surface area contributed by atoms with Gasteiger partial charge in [0.15, 0.2) is 0 Å². The van der Waals surface area contributed by atoms with Crippen LogP contribution in [0.4, 0.5) is 0 Å². The highest BCUT2D eigenvalue weighted by Gasteiger charge is 2.24. The normalized spacial score (nSPS) is 11.5. The molecular weight excluding hydrogens is 196 g/mol. The number of hydrogen-bond donors (Lipinski definition) is 0. The van der Waals surface area contributed by atoms with Gasteiger partial charge >= 0.3 is 0 Å². The summed E-state index contributed by atoms with van der Waals surface area (Å²) in [5.74, 6) is 0.991. The molecule has 0 aliphatic carbocycles. The zero-order valence-corrected chi connectivity index (χ0v) is 11.0. The molecule has 1 nitrogen and oxygen atoms in total. The van der Waals surface area contributed by atoms with Crippen LogP contribution < -0.4 is 4.74 Å². The minimum Gasteiger partial charge on any atom is -0.493 e. The lowest BCUT2D eigenvalue weighted by atomic mass is 9.81. The van der Waals surface area contributed by atoms with Crippen molar-refractivity contribution in [1.82, 2.24) is 0 Å². The highest BCUT2D eigenvalue weighted by atomic mass is 16.5. The van der Waals surface area contributed by atoms with Crippen LogP contribution in [0.3, 0.4) is 0 Å². The van der Waals surface area contributed by atoms with E-state index in [9.17, 15) is 0 Å². The van der Waals surface area contributed by atoms with Gasteiger partial charge in [-0.25, -0.2) is 0 Å². The Morgan fingerprint density at radius 2 is 1.44 bits per heavy atom. The molecule has 0 N–H and O–H groups in total. The Morgan fingerprint density at radius 1 is 0.938 bits per heavy atom. The zero-order valence-electron chi connectivity index (χ0n) is 11.0. The number of ether oxygens (including phenoxy) is 1. The maximum Gasteiger partial charge on any atom is 0.119 e. The molecule has 1 aromatic carbocycles. The second-order valence-corrected chi connectivity index (χ2v) is 4.66. The molecular formula is C15H24O. The van der Waals surface area contributed by atoms with Gasteiger partial charge in [-0.05, 0) is 38.3 Å². The van der Waals surface area contributed by atoms with E-state index in [-0.39, 0.29) is 0 Å². The number of rotatable bonds is 6. The fourth-order valence-electron chi connectivity index (χ4n) is 1.93. The van der Waals surface area contributed by atoms with E-state index < -0.39 is 0 Å². The molecule has 0 saturated heterocycles. The summed E-state index contributed by atoms with van der Waals surface area (Å²) in [5.41, 5.74) is 1.63. The van der Waals surface area contributed by atoms with E-state index in [0.717, 1.165) is 12.4 Å². The largest absolute Gasteiger partial charge is 0.493 e. The molecule has 0 radical (unpaired) electrons. The van der Waals surface area contributed by atoms with Crippen molar-refractivity contribution in [3.8, 4) is 5.75 Å². The van der Waals surface area contributed by atoms with Crippen LogP contribution in [0.5, 0.6) is 5.75 Å². The van der Waals surface area contributed by atoms with Crippen LogP contribution in [-0.2, 0) is 0 Å². The Balaban J connectivity index is 2.58. The molecule has 0 bridgehead atoms. The average Bonchev–Trinajstić information content (AvgIpc) is 2.34. The number of hydrogen-bond acceptors (Lipinski definition) is 1. The molecule has 1 heteroatoms. The fraction of sp³-hybridized carbons (Fsp3) is 0.600. The standard InChI is InChI=1S/C15H24O/c1-5-15(6-2,7-3)12-16-14-10-8-13(4)9-11-14/h8-11H,5-7,12H2,1-4H3. The van der Waals surface area contributed by atoms with Gasteiger partial charge in [-0.3, -0.25) is 0 Å². The molecule has 0 spiro atoms. The third-order valence-corrected chi connectivity index (χ3v) is 3.82.